The van der Waals surface area contributed by atoms with E-state index in [0.717, 1.165) is 25.7 Å². The van der Waals surface area contributed by atoms with E-state index in [9.17, 15) is 9.18 Å². The lowest BCUT2D eigenvalue weighted by Crippen LogP contribution is -2.54. The average Bonchev–Trinajstić information content (AvgIpc) is 2.39. The second-order valence-corrected chi connectivity index (χ2v) is 6.00. The van der Waals surface area contributed by atoms with Crippen LogP contribution in [-0.4, -0.2) is 11.9 Å². The molecular weight excluding hydrogens is 279 g/mol. The van der Waals surface area contributed by atoms with Crippen molar-refractivity contribution in [1.82, 2.24) is 5.32 Å². The standard InChI is InChI=1S/C15H20ClFN2O/c1-15(14(18)20,19-11-5-3-2-4-6-11)12-8-7-10(17)9-13(12)16/h7-9,11,19H,2-6H2,1H3,(H2,18,20). The summed E-state index contributed by atoms with van der Waals surface area (Å²) in [5, 5.41) is 3.54. The zero-order valence-corrected chi connectivity index (χ0v) is 12.3. The van der Waals surface area contributed by atoms with Gasteiger partial charge >= 0.3 is 0 Å². The molecule has 0 aromatic heterocycles. The molecule has 110 valence electrons. The summed E-state index contributed by atoms with van der Waals surface area (Å²) in [5.74, 6) is -0.931. The van der Waals surface area contributed by atoms with Crippen LogP contribution in [0.3, 0.4) is 0 Å². The Kier molecular flexibility index (Phi) is 4.66. The van der Waals surface area contributed by atoms with E-state index in [0.29, 0.717) is 5.56 Å². The van der Waals surface area contributed by atoms with Crippen molar-refractivity contribution in [3.05, 3.63) is 34.6 Å². The van der Waals surface area contributed by atoms with Crippen LogP contribution in [-0.2, 0) is 10.3 Å². The zero-order valence-electron chi connectivity index (χ0n) is 11.6. The van der Waals surface area contributed by atoms with Gasteiger partial charge in [-0.2, -0.15) is 0 Å². The number of nitrogens with one attached hydrogen (secondary N) is 1. The molecule has 20 heavy (non-hydrogen) atoms. The molecule has 0 heterocycles. The monoisotopic (exact) mass is 298 g/mol. The highest BCUT2D eigenvalue weighted by molar-refractivity contribution is 6.31. The largest absolute Gasteiger partial charge is 0.368 e. The van der Waals surface area contributed by atoms with Crippen molar-refractivity contribution in [2.75, 3.05) is 0 Å². The van der Waals surface area contributed by atoms with Crippen molar-refractivity contribution in [2.24, 2.45) is 5.73 Å². The van der Waals surface area contributed by atoms with E-state index in [2.05, 4.69) is 5.32 Å². The smallest absolute Gasteiger partial charge is 0.242 e. The Morgan fingerprint density at radius 1 is 1.40 bits per heavy atom. The van der Waals surface area contributed by atoms with Crippen LogP contribution in [0, 0.1) is 5.82 Å². The number of primary amides is 1. The van der Waals surface area contributed by atoms with Crippen molar-refractivity contribution >= 4 is 17.5 Å². The summed E-state index contributed by atoms with van der Waals surface area (Å²) in [4.78, 5) is 11.9. The Morgan fingerprint density at radius 3 is 2.60 bits per heavy atom. The third kappa shape index (κ3) is 3.13. The van der Waals surface area contributed by atoms with E-state index in [1.165, 1.54) is 24.6 Å². The average molecular weight is 299 g/mol. The molecule has 1 amide bonds. The van der Waals surface area contributed by atoms with E-state index >= 15 is 0 Å². The molecule has 1 unspecified atom stereocenters. The van der Waals surface area contributed by atoms with Gasteiger partial charge < -0.3 is 5.73 Å². The molecule has 5 heteroatoms. The number of carbonyl (C=O) groups excluding carboxylic acids is 1. The van der Waals surface area contributed by atoms with Gasteiger partial charge in [-0.05, 0) is 31.9 Å². The first-order valence-corrected chi connectivity index (χ1v) is 7.34. The summed E-state index contributed by atoms with van der Waals surface area (Å²) in [6.07, 6.45) is 5.54. The lowest BCUT2D eigenvalue weighted by Gasteiger charge is -2.35. The van der Waals surface area contributed by atoms with Crippen LogP contribution in [0.15, 0.2) is 18.2 Å². The maximum atomic E-state index is 13.2. The second kappa shape index (κ2) is 6.10. The SMILES string of the molecule is CC(NC1CCCCC1)(C(N)=O)c1ccc(F)cc1Cl. The normalized spacial score (nSPS) is 19.6. The molecule has 0 radical (unpaired) electrons. The summed E-state index contributed by atoms with van der Waals surface area (Å²) < 4.78 is 13.2. The van der Waals surface area contributed by atoms with E-state index in [-0.39, 0.29) is 11.1 Å². The minimum absolute atomic E-state index is 0.217. The fraction of sp³-hybridized carbons (Fsp3) is 0.533. The van der Waals surface area contributed by atoms with Crippen LogP contribution in [0.25, 0.3) is 0 Å². The molecule has 0 aliphatic heterocycles. The summed E-state index contributed by atoms with van der Waals surface area (Å²) in [6, 6.07) is 4.27. The van der Waals surface area contributed by atoms with Crippen molar-refractivity contribution in [3.8, 4) is 0 Å². The number of amides is 1. The zero-order chi connectivity index (χ0) is 14.8. The van der Waals surface area contributed by atoms with Crippen molar-refractivity contribution in [3.63, 3.8) is 0 Å². The van der Waals surface area contributed by atoms with Gasteiger partial charge in [0.2, 0.25) is 5.91 Å². The van der Waals surface area contributed by atoms with Crippen LogP contribution in [0.4, 0.5) is 4.39 Å². The third-order valence-electron chi connectivity index (χ3n) is 4.06. The topological polar surface area (TPSA) is 55.1 Å². The Bertz CT molecular complexity index is 503. The van der Waals surface area contributed by atoms with E-state index in [1.54, 1.807) is 6.92 Å². The predicted octanol–water partition coefficient (Wildman–Crippen LogP) is 3.10. The number of rotatable bonds is 4. The number of hydrogen-bond donors (Lipinski definition) is 2. The molecule has 1 aromatic carbocycles. The maximum Gasteiger partial charge on any atom is 0.242 e. The molecular formula is C15H20ClFN2O. The molecule has 3 N–H and O–H groups in total. The number of nitrogens with two attached hydrogens (primary N) is 1. The van der Waals surface area contributed by atoms with Gasteiger partial charge in [0.1, 0.15) is 11.4 Å². The number of carbonyl (C=O) groups is 1. The predicted molar refractivity (Wildman–Crippen MR) is 78.0 cm³/mol. The molecule has 0 saturated heterocycles. The number of benzene rings is 1. The lowest BCUT2D eigenvalue weighted by atomic mass is 9.87. The van der Waals surface area contributed by atoms with Gasteiger partial charge in [-0.1, -0.05) is 36.9 Å². The van der Waals surface area contributed by atoms with Gasteiger partial charge in [-0.15, -0.1) is 0 Å². The minimum atomic E-state index is -1.08. The van der Waals surface area contributed by atoms with E-state index in [4.69, 9.17) is 17.3 Å². The van der Waals surface area contributed by atoms with Crippen molar-refractivity contribution < 1.29 is 9.18 Å². The van der Waals surface area contributed by atoms with Gasteiger partial charge in [0.05, 0.1) is 0 Å². The first-order valence-electron chi connectivity index (χ1n) is 6.96. The highest BCUT2D eigenvalue weighted by Gasteiger charge is 2.37. The summed E-state index contributed by atoms with van der Waals surface area (Å²) >= 11 is 6.09. The van der Waals surface area contributed by atoms with E-state index < -0.39 is 17.3 Å². The van der Waals surface area contributed by atoms with Crippen LogP contribution >= 0.6 is 11.6 Å². The summed E-state index contributed by atoms with van der Waals surface area (Å²) in [6.45, 7) is 1.71. The summed E-state index contributed by atoms with van der Waals surface area (Å²) in [5.41, 5.74) is 5.02. The van der Waals surface area contributed by atoms with Crippen molar-refractivity contribution in [1.29, 1.82) is 0 Å². The van der Waals surface area contributed by atoms with Gasteiger partial charge in [0.15, 0.2) is 0 Å². The number of hydrogen-bond acceptors (Lipinski definition) is 2. The Morgan fingerprint density at radius 2 is 2.05 bits per heavy atom. The Balaban J connectivity index is 2.30. The van der Waals surface area contributed by atoms with Gasteiger partial charge in [0.25, 0.3) is 0 Å². The first-order chi connectivity index (χ1) is 9.43. The van der Waals surface area contributed by atoms with Gasteiger partial charge in [-0.3, -0.25) is 10.1 Å². The van der Waals surface area contributed by atoms with Crippen molar-refractivity contribution in [2.45, 2.75) is 50.6 Å². The maximum absolute atomic E-state index is 13.2. The Labute approximate surface area is 123 Å². The molecule has 3 nitrogen and oxygen atoms in total. The molecule has 0 spiro atoms. The fourth-order valence-electron chi connectivity index (χ4n) is 2.83. The van der Waals surface area contributed by atoms with Gasteiger partial charge in [0, 0.05) is 16.6 Å². The summed E-state index contributed by atoms with van der Waals surface area (Å²) in [7, 11) is 0. The fourth-order valence-corrected chi connectivity index (χ4v) is 3.19. The highest BCUT2D eigenvalue weighted by atomic mass is 35.5. The third-order valence-corrected chi connectivity index (χ3v) is 4.37. The first kappa shape index (κ1) is 15.3. The molecule has 1 saturated carbocycles. The Hall–Kier alpha value is -1.13. The quantitative estimate of drug-likeness (QED) is 0.897. The van der Waals surface area contributed by atoms with Crippen LogP contribution in [0.5, 0.6) is 0 Å². The molecule has 1 aliphatic carbocycles. The van der Waals surface area contributed by atoms with Crippen LogP contribution in [0.1, 0.15) is 44.6 Å². The second-order valence-electron chi connectivity index (χ2n) is 5.59. The lowest BCUT2D eigenvalue weighted by molar-refractivity contribution is -0.124. The number of halogens is 2. The van der Waals surface area contributed by atoms with Crippen LogP contribution in [0.2, 0.25) is 5.02 Å². The molecule has 1 aliphatic rings. The molecule has 1 fully saturated rings. The minimum Gasteiger partial charge on any atom is -0.368 e. The van der Waals surface area contributed by atoms with Gasteiger partial charge in [-0.25, -0.2) is 4.39 Å². The van der Waals surface area contributed by atoms with Crippen LogP contribution < -0.4 is 11.1 Å². The molecule has 0 bridgehead atoms. The van der Waals surface area contributed by atoms with E-state index in [1.807, 2.05) is 0 Å². The molecule has 1 aromatic rings. The highest BCUT2D eigenvalue weighted by Crippen LogP contribution is 2.31. The molecule has 1 atom stereocenters. The molecule has 2 rings (SSSR count).